The molecule has 2 heterocycles. The lowest BCUT2D eigenvalue weighted by Gasteiger charge is -2.23. The number of hydrogen-bond donors (Lipinski definition) is 1. The second kappa shape index (κ2) is 4.21. The smallest absolute Gasteiger partial charge is 0.307 e. The van der Waals surface area contributed by atoms with Gasteiger partial charge in [-0.15, -0.1) is 10.2 Å². The summed E-state index contributed by atoms with van der Waals surface area (Å²) in [5.41, 5.74) is 0. The Labute approximate surface area is 103 Å². The zero-order valence-corrected chi connectivity index (χ0v) is 9.60. The number of carboxylic acid groups (broad SMARTS) is 1. The SMILES string of the molecule is O=C(O)C1CC=CCC1c1nnc2ncccn12. The van der Waals surface area contributed by atoms with E-state index in [1.807, 2.05) is 18.3 Å². The van der Waals surface area contributed by atoms with Crippen molar-refractivity contribution >= 4 is 11.7 Å². The summed E-state index contributed by atoms with van der Waals surface area (Å²) in [4.78, 5) is 15.4. The van der Waals surface area contributed by atoms with Crippen LogP contribution in [0.25, 0.3) is 5.78 Å². The summed E-state index contributed by atoms with van der Waals surface area (Å²) >= 11 is 0. The maximum Gasteiger partial charge on any atom is 0.307 e. The first kappa shape index (κ1) is 10.9. The second-order valence-electron chi connectivity index (χ2n) is 4.34. The van der Waals surface area contributed by atoms with E-state index in [1.54, 1.807) is 16.7 Å². The molecular weight excluding hydrogens is 232 g/mol. The number of carboxylic acids is 1. The van der Waals surface area contributed by atoms with E-state index in [4.69, 9.17) is 0 Å². The summed E-state index contributed by atoms with van der Waals surface area (Å²) in [6, 6.07) is 1.79. The number of carbonyl (C=O) groups is 1. The van der Waals surface area contributed by atoms with Crippen LogP contribution in [0.15, 0.2) is 30.6 Å². The van der Waals surface area contributed by atoms with Crippen LogP contribution in [0.2, 0.25) is 0 Å². The molecule has 0 radical (unpaired) electrons. The average molecular weight is 244 g/mol. The molecule has 0 saturated heterocycles. The van der Waals surface area contributed by atoms with Crippen LogP contribution < -0.4 is 0 Å². The van der Waals surface area contributed by atoms with Crippen molar-refractivity contribution in [3.8, 4) is 0 Å². The predicted molar refractivity (Wildman–Crippen MR) is 63.0 cm³/mol. The fourth-order valence-corrected chi connectivity index (χ4v) is 2.39. The molecule has 0 amide bonds. The molecule has 3 rings (SSSR count). The minimum absolute atomic E-state index is 0.147. The van der Waals surface area contributed by atoms with Crippen LogP contribution in [0.3, 0.4) is 0 Å². The van der Waals surface area contributed by atoms with E-state index >= 15 is 0 Å². The van der Waals surface area contributed by atoms with Gasteiger partial charge in [0.2, 0.25) is 0 Å². The highest BCUT2D eigenvalue weighted by Gasteiger charge is 2.33. The van der Waals surface area contributed by atoms with Crippen LogP contribution in [0, 0.1) is 5.92 Å². The van der Waals surface area contributed by atoms with Crippen molar-refractivity contribution in [1.29, 1.82) is 0 Å². The van der Waals surface area contributed by atoms with E-state index in [9.17, 15) is 9.90 Å². The van der Waals surface area contributed by atoms with E-state index in [0.717, 1.165) is 0 Å². The van der Waals surface area contributed by atoms with E-state index in [0.29, 0.717) is 24.4 Å². The number of fused-ring (bicyclic) bond motifs is 1. The number of rotatable bonds is 2. The number of nitrogens with zero attached hydrogens (tertiary/aromatic N) is 4. The van der Waals surface area contributed by atoms with Gasteiger partial charge in [-0.05, 0) is 18.9 Å². The van der Waals surface area contributed by atoms with Gasteiger partial charge < -0.3 is 5.11 Å². The van der Waals surface area contributed by atoms with Crippen molar-refractivity contribution in [1.82, 2.24) is 19.6 Å². The molecule has 92 valence electrons. The normalized spacial score (nSPS) is 23.3. The van der Waals surface area contributed by atoms with Crippen LogP contribution >= 0.6 is 0 Å². The molecule has 0 fully saturated rings. The Bertz CT molecular complexity index is 619. The monoisotopic (exact) mass is 244 g/mol. The molecule has 18 heavy (non-hydrogen) atoms. The summed E-state index contributed by atoms with van der Waals surface area (Å²) in [7, 11) is 0. The Morgan fingerprint density at radius 2 is 2.17 bits per heavy atom. The fourth-order valence-electron chi connectivity index (χ4n) is 2.39. The summed E-state index contributed by atoms with van der Waals surface area (Å²) < 4.78 is 1.76. The van der Waals surface area contributed by atoms with Crippen molar-refractivity contribution in [3.63, 3.8) is 0 Å². The number of aliphatic carboxylic acids is 1. The van der Waals surface area contributed by atoms with Crippen molar-refractivity contribution < 1.29 is 9.90 Å². The van der Waals surface area contributed by atoms with Crippen molar-refractivity contribution in [3.05, 3.63) is 36.4 Å². The van der Waals surface area contributed by atoms with Gasteiger partial charge in [0.25, 0.3) is 5.78 Å². The Balaban J connectivity index is 2.07. The first-order valence-corrected chi connectivity index (χ1v) is 5.81. The molecule has 2 atom stereocenters. The molecule has 2 aromatic heterocycles. The number of hydrogen-bond acceptors (Lipinski definition) is 4. The number of aromatic nitrogens is 4. The van der Waals surface area contributed by atoms with E-state index < -0.39 is 11.9 Å². The lowest BCUT2D eigenvalue weighted by Crippen LogP contribution is -2.25. The van der Waals surface area contributed by atoms with E-state index in [1.165, 1.54) is 0 Å². The van der Waals surface area contributed by atoms with Crippen molar-refractivity contribution in [2.24, 2.45) is 5.92 Å². The third kappa shape index (κ3) is 1.66. The molecule has 1 N–H and O–H groups in total. The molecule has 0 spiro atoms. The van der Waals surface area contributed by atoms with Crippen LogP contribution in [0.5, 0.6) is 0 Å². The van der Waals surface area contributed by atoms with Gasteiger partial charge in [-0.1, -0.05) is 12.2 Å². The fraction of sp³-hybridized carbons (Fsp3) is 0.333. The van der Waals surface area contributed by atoms with Crippen molar-refractivity contribution in [2.45, 2.75) is 18.8 Å². The number of allylic oxidation sites excluding steroid dienone is 2. The molecule has 1 aliphatic carbocycles. The Morgan fingerprint density at radius 3 is 3.00 bits per heavy atom. The molecule has 6 nitrogen and oxygen atoms in total. The van der Waals surface area contributed by atoms with Gasteiger partial charge in [-0.25, -0.2) is 4.98 Å². The van der Waals surface area contributed by atoms with Crippen LogP contribution in [-0.4, -0.2) is 30.7 Å². The predicted octanol–water partition coefficient (Wildman–Crippen LogP) is 1.26. The molecule has 0 saturated carbocycles. The minimum Gasteiger partial charge on any atom is -0.481 e. The quantitative estimate of drug-likeness (QED) is 0.804. The Hall–Kier alpha value is -2.24. The van der Waals surface area contributed by atoms with E-state index in [2.05, 4.69) is 15.2 Å². The van der Waals surface area contributed by atoms with E-state index in [-0.39, 0.29) is 5.92 Å². The molecule has 2 aromatic rings. The average Bonchev–Trinajstić information content (AvgIpc) is 2.82. The van der Waals surface area contributed by atoms with Gasteiger partial charge >= 0.3 is 5.97 Å². The summed E-state index contributed by atoms with van der Waals surface area (Å²) in [5.74, 6) is -0.194. The molecule has 6 heteroatoms. The lowest BCUT2D eigenvalue weighted by molar-refractivity contribution is -0.142. The first-order chi connectivity index (χ1) is 8.77. The third-order valence-corrected chi connectivity index (χ3v) is 3.30. The molecule has 0 bridgehead atoms. The van der Waals surface area contributed by atoms with Gasteiger partial charge in [-0.2, -0.15) is 0 Å². The first-order valence-electron chi connectivity index (χ1n) is 5.81. The van der Waals surface area contributed by atoms with Gasteiger partial charge in [0.1, 0.15) is 5.82 Å². The van der Waals surface area contributed by atoms with Crippen molar-refractivity contribution in [2.75, 3.05) is 0 Å². The summed E-state index contributed by atoms with van der Waals surface area (Å²) in [5, 5.41) is 17.3. The molecular formula is C12H12N4O2. The Morgan fingerprint density at radius 1 is 1.33 bits per heavy atom. The molecule has 2 unspecified atom stereocenters. The maximum absolute atomic E-state index is 11.3. The lowest BCUT2D eigenvalue weighted by atomic mass is 9.82. The van der Waals surface area contributed by atoms with Gasteiger partial charge in [0, 0.05) is 18.3 Å². The maximum atomic E-state index is 11.3. The van der Waals surface area contributed by atoms with Gasteiger partial charge in [-0.3, -0.25) is 9.20 Å². The minimum atomic E-state index is -0.787. The highest BCUT2D eigenvalue weighted by Crippen LogP contribution is 2.33. The van der Waals surface area contributed by atoms with Gasteiger partial charge in [0.15, 0.2) is 0 Å². The molecule has 0 aliphatic heterocycles. The highest BCUT2D eigenvalue weighted by atomic mass is 16.4. The third-order valence-electron chi connectivity index (χ3n) is 3.30. The molecule has 1 aliphatic rings. The topological polar surface area (TPSA) is 80.4 Å². The second-order valence-corrected chi connectivity index (χ2v) is 4.34. The zero-order chi connectivity index (χ0) is 12.5. The standard InChI is InChI=1S/C12H12N4O2/c17-11(18)9-5-2-1-4-8(9)10-14-15-12-13-6-3-7-16(10)12/h1-3,6-9H,4-5H2,(H,17,18). The highest BCUT2D eigenvalue weighted by molar-refractivity contribution is 5.71. The van der Waals surface area contributed by atoms with Crippen LogP contribution in [0.1, 0.15) is 24.6 Å². The van der Waals surface area contributed by atoms with Crippen LogP contribution in [0.4, 0.5) is 0 Å². The zero-order valence-electron chi connectivity index (χ0n) is 9.60. The molecule has 0 aromatic carbocycles. The largest absolute Gasteiger partial charge is 0.481 e. The van der Waals surface area contributed by atoms with Gasteiger partial charge in [0.05, 0.1) is 5.92 Å². The summed E-state index contributed by atoms with van der Waals surface area (Å²) in [6.45, 7) is 0. The van der Waals surface area contributed by atoms with Crippen LogP contribution in [-0.2, 0) is 4.79 Å². The Kier molecular flexibility index (Phi) is 2.55. The summed E-state index contributed by atoms with van der Waals surface area (Å²) in [6.07, 6.45) is 8.58.